The number of nitrogens with zero attached hydrogens (tertiary/aromatic N) is 3. The second kappa shape index (κ2) is 8.98. The topological polar surface area (TPSA) is 51.4 Å². The zero-order valence-corrected chi connectivity index (χ0v) is 20.6. The molecule has 3 aromatic carbocycles. The van der Waals surface area contributed by atoms with Crippen molar-refractivity contribution in [2.45, 2.75) is 47.1 Å². The SMILES string of the molecule is CCc1c(-c2ccc(C)cc2)cc2c(c1C)N(CCc1nc(C)no1)Cc1cc(OC)ccc1-2. The molecule has 5 rings (SSSR count). The summed E-state index contributed by atoms with van der Waals surface area (Å²) < 4.78 is 11.0. The van der Waals surface area contributed by atoms with Crippen LogP contribution in [0.1, 0.15) is 40.9 Å². The molecule has 0 spiro atoms. The second-order valence-electron chi connectivity index (χ2n) is 9.07. The van der Waals surface area contributed by atoms with Crippen molar-refractivity contribution in [1.29, 1.82) is 0 Å². The number of methoxy groups -OCH3 is 1. The summed E-state index contributed by atoms with van der Waals surface area (Å²) in [5.41, 5.74) is 11.7. The first-order chi connectivity index (χ1) is 16.5. The molecule has 5 nitrogen and oxygen atoms in total. The third-order valence-electron chi connectivity index (χ3n) is 6.84. The van der Waals surface area contributed by atoms with Crippen LogP contribution in [-0.4, -0.2) is 23.8 Å². The van der Waals surface area contributed by atoms with Crippen LogP contribution in [0.25, 0.3) is 22.3 Å². The van der Waals surface area contributed by atoms with Crippen LogP contribution in [0, 0.1) is 20.8 Å². The van der Waals surface area contributed by atoms with E-state index in [1.54, 1.807) is 7.11 Å². The molecular formula is C29H31N3O2. The summed E-state index contributed by atoms with van der Waals surface area (Å²) in [6.45, 7) is 10.1. The van der Waals surface area contributed by atoms with Gasteiger partial charge >= 0.3 is 0 Å². The summed E-state index contributed by atoms with van der Waals surface area (Å²) in [6.07, 6.45) is 1.69. The number of ether oxygens (including phenoxy) is 1. The van der Waals surface area contributed by atoms with E-state index in [1.807, 2.05) is 6.92 Å². The molecule has 2 heterocycles. The van der Waals surface area contributed by atoms with Crippen molar-refractivity contribution >= 4 is 5.69 Å². The molecule has 0 N–H and O–H groups in total. The van der Waals surface area contributed by atoms with Gasteiger partial charge in [0.25, 0.3) is 0 Å². The van der Waals surface area contributed by atoms with E-state index in [-0.39, 0.29) is 0 Å². The van der Waals surface area contributed by atoms with Crippen LogP contribution in [0.3, 0.4) is 0 Å². The number of aryl methyl sites for hydroxylation is 2. The van der Waals surface area contributed by atoms with Gasteiger partial charge in [0.2, 0.25) is 5.89 Å². The Morgan fingerprint density at radius 3 is 2.44 bits per heavy atom. The lowest BCUT2D eigenvalue weighted by molar-refractivity contribution is 0.374. The van der Waals surface area contributed by atoms with Gasteiger partial charge in [0.05, 0.1) is 7.11 Å². The third kappa shape index (κ3) is 3.96. The van der Waals surface area contributed by atoms with E-state index in [9.17, 15) is 0 Å². The first-order valence-corrected chi connectivity index (χ1v) is 11.9. The predicted octanol–water partition coefficient (Wildman–Crippen LogP) is 6.46. The molecule has 0 fully saturated rings. The molecule has 174 valence electrons. The number of hydrogen-bond donors (Lipinski definition) is 0. The summed E-state index contributed by atoms with van der Waals surface area (Å²) in [6, 6.07) is 17.7. The Labute approximate surface area is 201 Å². The quantitative estimate of drug-likeness (QED) is 0.335. The molecule has 1 aliphatic rings. The van der Waals surface area contributed by atoms with Crippen LogP contribution in [0.2, 0.25) is 0 Å². The van der Waals surface area contributed by atoms with Gasteiger partial charge in [-0.3, -0.25) is 0 Å². The lowest BCUT2D eigenvalue weighted by Gasteiger charge is -2.36. The minimum atomic E-state index is 0.677. The highest BCUT2D eigenvalue weighted by Gasteiger charge is 2.27. The van der Waals surface area contributed by atoms with Crippen molar-refractivity contribution in [2.24, 2.45) is 0 Å². The normalized spacial score (nSPS) is 12.4. The van der Waals surface area contributed by atoms with Gasteiger partial charge in [-0.25, -0.2) is 0 Å². The van der Waals surface area contributed by atoms with E-state index in [4.69, 9.17) is 9.26 Å². The standard InChI is InChI=1S/C29H31N3O2/c1-6-24-19(3)29-27(16-26(24)21-9-7-18(2)8-10-21)25-12-11-23(33-5)15-22(25)17-32(29)14-13-28-30-20(4)31-34-28/h7-12,15-16H,6,13-14,17H2,1-5H3. The van der Waals surface area contributed by atoms with Gasteiger partial charge in [-0.15, -0.1) is 0 Å². The van der Waals surface area contributed by atoms with Crippen molar-refractivity contribution < 1.29 is 9.26 Å². The van der Waals surface area contributed by atoms with Crippen molar-refractivity contribution in [1.82, 2.24) is 10.1 Å². The fraction of sp³-hybridized carbons (Fsp3) is 0.310. The Morgan fingerprint density at radius 2 is 1.76 bits per heavy atom. The molecule has 0 saturated carbocycles. The van der Waals surface area contributed by atoms with Crippen LogP contribution < -0.4 is 9.64 Å². The van der Waals surface area contributed by atoms with Gasteiger partial charge in [-0.1, -0.05) is 48.0 Å². The van der Waals surface area contributed by atoms with Gasteiger partial charge in [0.1, 0.15) is 5.75 Å². The van der Waals surface area contributed by atoms with Crippen LogP contribution in [0.5, 0.6) is 5.75 Å². The highest BCUT2D eigenvalue weighted by Crippen LogP contribution is 2.46. The molecule has 1 aliphatic heterocycles. The number of rotatable bonds is 6. The van der Waals surface area contributed by atoms with Crippen molar-refractivity contribution in [3.05, 3.63) is 82.5 Å². The molecule has 1 aromatic heterocycles. The summed E-state index contributed by atoms with van der Waals surface area (Å²) in [4.78, 5) is 6.88. The first kappa shape index (κ1) is 22.2. The largest absolute Gasteiger partial charge is 0.497 e. The molecule has 4 aromatic rings. The molecule has 0 unspecified atom stereocenters. The molecule has 0 atom stereocenters. The summed E-state index contributed by atoms with van der Waals surface area (Å²) in [7, 11) is 1.72. The minimum absolute atomic E-state index is 0.677. The third-order valence-corrected chi connectivity index (χ3v) is 6.84. The Kier molecular flexibility index (Phi) is 5.86. The zero-order valence-electron chi connectivity index (χ0n) is 20.6. The maximum Gasteiger partial charge on any atom is 0.228 e. The lowest BCUT2D eigenvalue weighted by atomic mass is 9.84. The summed E-state index contributed by atoms with van der Waals surface area (Å²) >= 11 is 0. The fourth-order valence-electron chi connectivity index (χ4n) is 5.14. The van der Waals surface area contributed by atoms with Crippen LogP contribution in [0.15, 0.2) is 53.1 Å². The van der Waals surface area contributed by atoms with Crippen molar-refractivity contribution in [3.63, 3.8) is 0 Å². The Hall–Kier alpha value is -3.60. The van der Waals surface area contributed by atoms with E-state index in [1.165, 1.54) is 50.2 Å². The molecule has 34 heavy (non-hydrogen) atoms. The van der Waals surface area contributed by atoms with Crippen LogP contribution in [-0.2, 0) is 19.4 Å². The molecule has 5 heteroatoms. The van der Waals surface area contributed by atoms with E-state index in [0.717, 1.165) is 25.3 Å². The number of fused-ring (bicyclic) bond motifs is 3. The molecular weight excluding hydrogens is 422 g/mol. The number of benzene rings is 3. The number of aromatic nitrogens is 2. The van der Waals surface area contributed by atoms with Gasteiger partial charge in [-0.2, -0.15) is 4.98 Å². The Morgan fingerprint density at radius 1 is 0.971 bits per heavy atom. The van der Waals surface area contributed by atoms with Gasteiger partial charge in [0.15, 0.2) is 5.82 Å². The van der Waals surface area contributed by atoms with Crippen molar-refractivity contribution in [2.75, 3.05) is 18.6 Å². The van der Waals surface area contributed by atoms with E-state index in [0.29, 0.717) is 18.1 Å². The summed E-state index contributed by atoms with van der Waals surface area (Å²) in [5, 5.41) is 3.96. The van der Waals surface area contributed by atoms with Gasteiger partial charge in [-0.05, 0) is 78.8 Å². The van der Waals surface area contributed by atoms with E-state index < -0.39 is 0 Å². The lowest BCUT2D eigenvalue weighted by Crippen LogP contribution is -2.30. The molecule has 0 radical (unpaired) electrons. The minimum Gasteiger partial charge on any atom is -0.497 e. The fourth-order valence-corrected chi connectivity index (χ4v) is 5.14. The van der Waals surface area contributed by atoms with Crippen LogP contribution >= 0.6 is 0 Å². The zero-order chi connectivity index (χ0) is 23.8. The highest BCUT2D eigenvalue weighted by atomic mass is 16.5. The average Bonchev–Trinajstić information content (AvgIpc) is 3.27. The Bertz CT molecular complexity index is 1340. The number of hydrogen-bond acceptors (Lipinski definition) is 5. The monoisotopic (exact) mass is 453 g/mol. The smallest absolute Gasteiger partial charge is 0.228 e. The highest BCUT2D eigenvalue weighted by molar-refractivity contribution is 5.91. The molecule has 0 amide bonds. The van der Waals surface area contributed by atoms with E-state index >= 15 is 0 Å². The maximum absolute atomic E-state index is 5.55. The summed E-state index contributed by atoms with van der Waals surface area (Å²) in [5.74, 6) is 2.24. The molecule has 0 saturated heterocycles. The first-order valence-electron chi connectivity index (χ1n) is 11.9. The van der Waals surface area contributed by atoms with E-state index in [2.05, 4.69) is 84.3 Å². The van der Waals surface area contributed by atoms with Gasteiger partial charge in [0, 0.05) is 30.8 Å². The second-order valence-corrected chi connectivity index (χ2v) is 9.07. The maximum atomic E-state index is 5.55. The average molecular weight is 454 g/mol. The Balaban J connectivity index is 1.66. The predicted molar refractivity (Wildman–Crippen MR) is 137 cm³/mol. The molecule has 0 bridgehead atoms. The van der Waals surface area contributed by atoms with Crippen LogP contribution in [0.4, 0.5) is 5.69 Å². The molecule has 0 aliphatic carbocycles. The van der Waals surface area contributed by atoms with Gasteiger partial charge < -0.3 is 14.2 Å². The number of anilines is 1. The van der Waals surface area contributed by atoms with Crippen molar-refractivity contribution in [3.8, 4) is 28.0 Å².